The van der Waals surface area contributed by atoms with Crippen molar-refractivity contribution in [2.45, 2.75) is 19.3 Å². The minimum Gasteiger partial charge on any atom is -0.395 e. The number of likely N-dealkylation sites (tertiary alicyclic amines) is 1. The lowest BCUT2D eigenvalue weighted by Crippen LogP contribution is -2.48. The zero-order valence-electron chi connectivity index (χ0n) is 11.3. The third-order valence-electron chi connectivity index (χ3n) is 3.35. The average Bonchev–Trinajstić information content (AvgIpc) is 2.38. The van der Waals surface area contributed by atoms with E-state index < -0.39 is 18.9 Å². The van der Waals surface area contributed by atoms with E-state index in [0.717, 1.165) is 0 Å². The Bertz CT molecular complexity index is 342. The molecular formula is C12H21F2N3O3. The maximum absolute atomic E-state index is 12.4. The van der Waals surface area contributed by atoms with E-state index in [-0.39, 0.29) is 38.1 Å². The summed E-state index contributed by atoms with van der Waals surface area (Å²) in [6, 6.07) is 0. The van der Waals surface area contributed by atoms with Gasteiger partial charge in [0.25, 0.3) is 6.43 Å². The molecule has 0 aromatic heterocycles. The average molecular weight is 293 g/mol. The molecule has 1 unspecified atom stereocenters. The highest BCUT2D eigenvalue weighted by atomic mass is 19.3. The predicted molar refractivity (Wildman–Crippen MR) is 68.0 cm³/mol. The van der Waals surface area contributed by atoms with Crippen LogP contribution in [0.25, 0.3) is 0 Å². The first-order valence-corrected chi connectivity index (χ1v) is 6.62. The van der Waals surface area contributed by atoms with Gasteiger partial charge in [0.05, 0.1) is 25.6 Å². The molecule has 1 saturated heterocycles. The minimum absolute atomic E-state index is 0.0170. The van der Waals surface area contributed by atoms with Crippen molar-refractivity contribution in [2.24, 2.45) is 11.7 Å². The van der Waals surface area contributed by atoms with E-state index in [4.69, 9.17) is 10.8 Å². The number of amides is 2. The summed E-state index contributed by atoms with van der Waals surface area (Å²) in [4.78, 5) is 25.9. The lowest BCUT2D eigenvalue weighted by molar-refractivity contribution is -0.136. The van der Waals surface area contributed by atoms with Gasteiger partial charge in [-0.25, -0.2) is 8.78 Å². The van der Waals surface area contributed by atoms with Crippen molar-refractivity contribution in [3.8, 4) is 0 Å². The molecule has 20 heavy (non-hydrogen) atoms. The maximum atomic E-state index is 12.4. The van der Waals surface area contributed by atoms with Crippen LogP contribution in [0, 0.1) is 5.92 Å². The van der Waals surface area contributed by atoms with Gasteiger partial charge in [0.2, 0.25) is 11.8 Å². The SMILES string of the molecule is NC(=O)C1CCCN(C(=O)CN(CCO)CC(F)F)C1. The number of carbonyl (C=O) groups excluding carboxylic acids is 2. The number of alkyl halides is 2. The van der Waals surface area contributed by atoms with Crippen molar-refractivity contribution >= 4 is 11.8 Å². The highest BCUT2D eigenvalue weighted by molar-refractivity contribution is 5.81. The summed E-state index contributed by atoms with van der Waals surface area (Å²) in [5.74, 6) is -1.12. The number of halogens is 2. The summed E-state index contributed by atoms with van der Waals surface area (Å²) in [6.45, 7) is -0.261. The molecule has 0 bridgehead atoms. The van der Waals surface area contributed by atoms with Crippen LogP contribution in [-0.2, 0) is 9.59 Å². The van der Waals surface area contributed by atoms with Gasteiger partial charge in [0, 0.05) is 19.6 Å². The van der Waals surface area contributed by atoms with Crippen molar-refractivity contribution in [1.29, 1.82) is 0 Å². The molecule has 8 heteroatoms. The zero-order valence-corrected chi connectivity index (χ0v) is 11.3. The van der Waals surface area contributed by atoms with Gasteiger partial charge in [-0.1, -0.05) is 0 Å². The molecule has 0 aromatic rings. The number of carbonyl (C=O) groups is 2. The Morgan fingerprint density at radius 1 is 1.45 bits per heavy atom. The van der Waals surface area contributed by atoms with Crippen molar-refractivity contribution in [1.82, 2.24) is 9.80 Å². The molecule has 116 valence electrons. The molecule has 1 rings (SSSR count). The summed E-state index contributed by atoms with van der Waals surface area (Å²) >= 11 is 0. The second-order valence-corrected chi connectivity index (χ2v) is 4.93. The second-order valence-electron chi connectivity index (χ2n) is 4.93. The molecule has 2 amide bonds. The van der Waals surface area contributed by atoms with Crippen molar-refractivity contribution in [3.63, 3.8) is 0 Å². The summed E-state index contributed by atoms with van der Waals surface area (Å²) in [7, 11) is 0. The lowest BCUT2D eigenvalue weighted by Gasteiger charge is -2.33. The van der Waals surface area contributed by atoms with Gasteiger partial charge < -0.3 is 15.7 Å². The number of primary amides is 1. The Morgan fingerprint density at radius 3 is 2.70 bits per heavy atom. The van der Waals surface area contributed by atoms with E-state index in [1.807, 2.05) is 0 Å². The van der Waals surface area contributed by atoms with E-state index in [1.54, 1.807) is 0 Å². The van der Waals surface area contributed by atoms with Gasteiger partial charge in [-0.15, -0.1) is 0 Å². The highest BCUT2D eigenvalue weighted by Gasteiger charge is 2.28. The van der Waals surface area contributed by atoms with Gasteiger partial charge in [0.1, 0.15) is 0 Å². The van der Waals surface area contributed by atoms with Crippen LogP contribution in [0.3, 0.4) is 0 Å². The van der Waals surface area contributed by atoms with Crippen LogP contribution in [0.2, 0.25) is 0 Å². The molecule has 1 heterocycles. The van der Waals surface area contributed by atoms with Gasteiger partial charge in [-0.2, -0.15) is 0 Å². The Labute approximate surface area is 116 Å². The molecule has 0 spiro atoms. The van der Waals surface area contributed by atoms with E-state index in [0.29, 0.717) is 19.4 Å². The molecule has 0 saturated carbocycles. The van der Waals surface area contributed by atoms with Crippen LogP contribution in [-0.4, -0.2) is 72.5 Å². The monoisotopic (exact) mass is 293 g/mol. The third kappa shape index (κ3) is 5.38. The molecular weight excluding hydrogens is 272 g/mol. The van der Waals surface area contributed by atoms with Crippen LogP contribution >= 0.6 is 0 Å². The van der Waals surface area contributed by atoms with Gasteiger partial charge >= 0.3 is 0 Å². The first-order valence-electron chi connectivity index (χ1n) is 6.62. The highest BCUT2D eigenvalue weighted by Crippen LogP contribution is 2.16. The Morgan fingerprint density at radius 2 is 2.15 bits per heavy atom. The van der Waals surface area contributed by atoms with Gasteiger partial charge in [-0.3, -0.25) is 14.5 Å². The number of piperidine rings is 1. The maximum Gasteiger partial charge on any atom is 0.251 e. The summed E-state index contributed by atoms with van der Waals surface area (Å²) in [5, 5.41) is 8.81. The van der Waals surface area contributed by atoms with E-state index in [1.165, 1.54) is 9.80 Å². The van der Waals surface area contributed by atoms with Crippen LogP contribution in [0.1, 0.15) is 12.8 Å². The molecule has 1 atom stereocenters. The number of nitrogens with zero attached hydrogens (tertiary/aromatic N) is 2. The van der Waals surface area contributed by atoms with Crippen molar-refractivity contribution in [2.75, 3.05) is 39.3 Å². The summed E-state index contributed by atoms with van der Waals surface area (Å²) in [6.07, 6.45) is -1.24. The Kier molecular flexibility index (Phi) is 6.80. The van der Waals surface area contributed by atoms with Crippen LogP contribution < -0.4 is 5.73 Å². The van der Waals surface area contributed by atoms with Crippen molar-refractivity contribution < 1.29 is 23.5 Å². The summed E-state index contributed by atoms with van der Waals surface area (Å²) < 4.78 is 24.7. The quantitative estimate of drug-likeness (QED) is 0.648. The minimum atomic E-state index is -2.56. The van der Waals surface area contributed by atoms with Crippen LogP contribution in [0.15, 0.2) is 0 Å². The predicted octanol–water partition coefficient (Wildman–Crippen LogP) is -0.730. The van der Waals surface area contributed by atoms with Gasteiger partial charge in [0.15, 0.2) is 0 Å². The molecule has 6 nitrogen and oxygen atoms in total. The lowest BCUT2D eigenvalue weighted by atomic mass is 9.97. The number of aliphatic hydroxyl groups excluding tert-OH is 1. The van der Waals surface area contributed by atoms with E-state index >= 15 is 0 Å². The smallest absolute Gasteiger partial charge is 0.251 e. The first kappa shape index (κ1) is 16.8. The molecule has 1 fully saturated rings. The van der Waals surface area contributed by atoms with E-state index in [2.05, 4.69) is 0 Å². The first-order chi connectivity index (χ1) is 9.43. The molecule has 1 aliphatic rings. The molecule has 0 radical (unpaired) electrons. The number of hydrogen-bond acceptors (Lipinski definition) is 4. The fourth-order valence-electron chi connectivity index (χ4n) is 2.30. The number of hydrogen-bond donors (Lipinski definition) is 2. The van der Waals surface area contributed by atoms with Gasteiger partial charge in [-0.05, 0) is 12.8 Å². The summed E-state index contributed by atoms with van der Waals surface area (Å²) in [5.41, 5.74) is 5.22. The molecule has 0 aliphatic carbocycles. The third-order valence-corrected chi connectivity index (χ3v) is 3.35. The Hall–Kier alpha value is -1.28. The molecule has 1 aliphatic heterocycles. The largest absolute Gasteiger partial charge is 0.395 e. The van der Waals surface area contributed by atoms with Crippen LogP contribution in [0.5, 0.6) is 0 Å². The van der Waals surface area contributed by atoms with E-state index in [9.17, 15) is 18.4 Å². The standard InChI is InChI=1S/C12H21F2N3O3/c13-10(14)7-16(4-5-18)8-11(19)17-3-1-2-9(6-17)12(15)20/h9-10,18H,1-8H2,(H2,15,20). The number of rotatable bonds is 7. The zero-order chi connectivity index (χ0) is 15.1. The molecule has 3 N–H and O–H groups in total. The second kappa shape index (κ2) is 8.11. The Balaban J connectivity index is 2.52. The molecule has 0 aromatic carbocycles. The fourth-order valence-corrected chi connectivity index (χ4v) is 2.30. The van der Waals surface area contributed by atoms with Crippen molar-refractivity contribution in [3.05, 3.63) is 0 Å². The number of aliphatic hydroxyl groups is 1. The fraction of sp³-hybridized carbons (Fsp3) is 0.833. The number of nitrogens with two attached hydrogens (primary N) is 1. The normalized spacial score (nSPS) is 19.6. The topological polar surface area (TPSA) is 86.9 Å². The van der Waals surface area contributed by atoms with Crippen LogP contribution in [0.4, 0.5) is 8.78 Å².